The molecule has 7 N–H and O–H groups in total. The number of carbonyl (C=O) groups is 1. The van der Waals surface area contributed by atoms with E-state index in [9.17, 15) is 4.79 Å². The van der Waals surface area contributed by atoms with E-state index in [1.165, 1.54) is 12.1 Å². The van der Waals surface area contributed by atoms with Crippen molar-refractivity contribution in [2.24, 2.45) is 11.7 Å². The molecule has 0 aromatic heterocycles. The lowest BCUT2D eigenvalue weighted by Gasteiger charge is -1.98. The number of carboxylic acids is 1. The molecule has 0 aliphatic carbocycles. The van der Waals surface area contributed by atoms with Crippen LogP contribution < -0.4 is 22.5 Å². The first-order chi connectivity index (χ1) is 9.56. The van der Waals surface area contributed by atoms with Crippen LogP contribution in [0.4, 0.5) is 11.4 Å². The number of hydrogen-bond donors (Lipinski definition) is 5. The molecule has 0 bridgehead atoms. The predicted molar refractivity (Wildman–Crippen MR) is 80.5 cm³/mol. The van der Waals surface area contributed by atoms with Crippen molar-refractivity contribution in [1.82, 2.24) is 0 Å². The number of hydrazine groups is 2. The fourth-order valence-corrected chi connectivity index (χ4v) is 1.38. The average Bonchev–Trinajstić information content (AvgIpc) is 2.49. The Morgan fingerprint density at radius 1 is 0.900 bits per heavy atom. The van der Waals surface area contributed by atoms with Gasteiger partial charge in [-0.2, -0.15) is 0 Å². The van der Waals surface area contributed by atoms with Gasteiger partial charge in [0.15, 0.2) is 0 Å². The molecule has 106 valence electrons. The van der Waals surface area contributed by atoms with E-state index < -0.39 is 5.97 Å². The zero-order valence-corrected chi connectivity index (χ0v) is 11.3. The fourth-order valence-electron chi connectivity index (χ4n) is 1.26. The van der Waals surface area contributed by atoms with Crippen LogP contribution in [-0.2, 0) is 0 Å². The van der Waals surface area contributed by atoms with Crippen LogP contribution >= 0.6 is 11.6 Å². The lowest BCUT2D eigenvalue weighted by molar-refractivity contribution is 0.0697. The third-order valence-corrected chi connectivity index (χ3v) is 2.56. The standard InChI is InChI=1S/C7H8N2O2.C6H7ClN2/c8-9-6-3-1-5(2-4-6)7(10)11;7-5-1-3-6(9-8)4-2-5/h1-4,9H,8H2,(H,10,11);1-4,9H,8H2. The van der Waals surface area contributed by atoms with Crippen molar-refractivity contribution in [2.45, 2.75) is 0 Å². The molecule has 2 rings (SSSR count). The number of carboxylic acid groups (broad SMARTS) is 1. The second-order valence-corrected chi connectivity index (χ2v) is 4.11. The van der Waals surface area contributed by atoms with E-state index in [-0.39, 0.29) is 5.56 Å². The largest absolute Gasteiger partial charge is 0.478 e. The molecule has 0 radical (unpaired) electrons. The number of rotatable bonds is 3. The Labute approximate surface area is 121 Å². The maximum absolute atomic E-state index is 10.3. The maximum atomic E-state index is 10.3. The summed E-state index contributed by atoms with van der Waals surface area (Å²) in [7, 11) is 0. The maximum Gasteiger partial charge on any atom is 0.335 e. The van der Waals surface area contributed by atoms with Gasteiger partial charge in [-0.05, 0) is 48.5 Å². The molecule has 20 heavy (non-hydrogen) atoms. The zero-order valence-electron chi connectivity index (χ0n) is 10.5. The van der Waals surface area contributed by atoms with Gasteiger partial charge in [0.05, 0.1) is 5.56 Å². The quantitative estimate of drug-likeness (QED) is 0.438. The zero-order chi connectivity index (χ0) is 15.0. The van der Waals surface area contributed by atoms with Crippen LogP contribution in [0.3, 0.4) is 0 Å². The Balaban J connectivity index is 0.000000204. The van der Waals surface area contributed by atoms with Gasteiger partial charge in [-0.3, -0.25) is 11.7 Å². The summed E-state index contributed by atoms with van der Waals surface area (Å²) in [6, 6.07) is 13.3. The van der Waals surface area contributed by atoms with Gasteiger partial charge in [0.25, 0.3) is 0 Å². The molecule has 7 heteroatoms. The van der Waals surface area contributed by atoms with E-state index in [2.05, 4.69) is 10.9 Å². The van der Waals surface area contributed by atoms with E-state index in [4.69, 9.17) is 28.4 Å². The van der Waals surface area contributed by atoms with Gasteiger partial charge in [-0.15, -0.1) is 0 Å². The molecular formula is C13H15ClN4O2. The number of aromatic carboxylic acids is 1. The monoisotopic (exact) mass is 294 g/mol. The lowest BCUT2D eigenvalue weighted by atomic mass is 10.2. The van der Waals surface area contributed by atoms with E-state index >= 15 is 0 Å². The Morgan fingerprint density at radius 2 is 1.30 bits per heavy atom. The van der Waals surface area contributed by atoms with Crippen molar-refractivity contribution in [2.75, 3.05) is 10.9 Å². The number of nitrogen functional groups attached to an aromatic ring is 2. The first-order valence-electron chi connectivity index (χ1n) is 5.59. The molecule has 0 spiro atoms. The van der Waals surface area contributed by atoms with Gasteiger partial charge in [0.1, 0.15) is 0 Å². The van der Waals surface area contributed by atoms with E-state index in [1.807, 2.05) is 12.1 Å². The second-order valence-electron chi connectivity index (χ2n) is 3.68. The Hall–Kier alpha value is -2.28. The molecule has 0 heterocycles. The summed E-state index contributed by atoms with van der Waals surface area (Å²) in [6.07, 6.45) is 0. The summed E-state index contributed by atoms with van der Waals surface area (Å²) in [5, 5.41) is 9.21. The van der Waals surface area contributed by atoms with E-state index in [1.54, 1.807) is 24.3 Å². The molecule has 2 aromatic carbocycles. The molecule has 2 aromatic rings. The summed E-state index contributed by atoms with van der Waals surface area (Å²) >= 11 is 5.60. The highest BCUT2D eigenvalue weighted by molar-refractivity contribution is 6.30. The third kappa shape index (κ3) is 5.15. The minimum atomic E-state index is -0.937. The highest BCUT2D eigenvalue weighted by Crippen LogP contribution is 2.11. The second kappa shape index (κ2) is 8.00. The minimum absolute atomic E-state index is 0.254. The van der Waals surface area contributed by atoms with Crippen LogP contribution in [-0.4, -0.2) is 11.1 Å². The van der Waals surface area contributed by atoms with Crippen molar-refractivity contribution in [3.8, 4) is 0 Å². The highest BCUT2D eigenvalue weighted by atomic mass is 35.5. The van der Waals surface area contributed by atoms with E-state index in [0.29, 0.717) is 10.7 Å². The SMILES string of the molecule is NNc1ccc(C(=O)O)cc1.NNc1ccc(Cl)cc1. The number of hydrogen-bond acceptors (Lipinski definition) is 5. The molecule has 0 aliphatic rings. The van der Waals surface area contributed by atoms with Crippen molar-refractivity contribution < 1.29 is 9.90 Å². The topological polar surface area (TPSA) is 113 Å². The summed E-state index contributed by atoms with van der Waals surface area (Å²) in [6.45, 7) is 0. The molecule has 0 aliphatic heterocycles. The van der Waals surface area contributed by atoms with Crippen LogP contribution in [0.1, 0.15) is 10.4 Å². The van der Waals surface area contributed by atoms with Gasteiger partial charge in [-0.1, -0.05) is 11.6 Å². The number of halogens is 1. The molecule has 6 nitrogen and oxygen atoms in total. The van der Waals surface area contributed by atoms with Gasteiger partial charge < -0.3 is 16.0 Å². The van der Waals surface area contributed by atoms with Crippen molar-refractivity contribution >= 4 is 28.9 Å². The number of nitrogens with one attached hydrogen (secondary N) is 2. The van der Waals surface area contributed by atoms with Crippen LogP contribution in [0.25, 0.3) is 0 Å². The first kappa shape index (κ1) is 15.8. The van der Waals surface area contributed by atoms with Gasteiger partial charge in [0, 0.05) is 16.4 Å². The van der Waals surface area contributed by atoms with Gasteiger partial charge in [-0.25, -0.2) is 4.79 Å². The molecule has 0 saturated heterocycles. The smallest absolute Gasteiger partial charge is 0.335 e. The fraction of sp³-hybridized carbons (Fsp3) is 0. The number of benzene rings is 2. The Morgan fingerprint density at radius 3 is 1.65 bits per heavy atom. The first-order valence-corrected chi connectivity index (χ1v) is 5.96. The molecule has 0 amide bonds. The van der Waals surface area contributed by atoms with Crippen LogP contribution in [0.2, 0.25) is 5.02 Å². The highest BCUT2D eigenvalue weighted by Gasteiger charge is 1.99. The van der Waals surface area contributed by atoms with Crippen molar-refractivity contribution in [3.63, 3.8) is 0 Å². The van der Waals surface area contributed by atoms with E-state index in [0.717, 1.165) is 5.69 Å². The molecule has 0 atom stereocenters. The van der Waals surface area contributed by atoms with Crippen molar-refractivity contribution in [1.29, 1.82) is 0 Å². The summed E-state index contributed by atoms with van der Waals surface area (Å²) in [5.41, 5.74) is 6.70. The van der Waals surface area contributed by atoms with Gasteiger partial charge in [0.2, 0.25) is 0 Å². The molecular weight excluding hydrogens is 280 g/mol. The predicted octanol–water partition coefficient (Wildman–Crippen LogP) is 2.30. The van der Waals surface area contributed by atoms with Crippen LogP contribution in [0.15, 0.2) is 48.5 Å². The summed E-state index contributed by atoms with van der Waals surface area (Å²) in [5.74, 6) is 9.25. The van der Waals surface area contributed by atoms with Gasteiger partial charge >= 0.3 is 5.97 Å². The molecule has 0 unspecified atom stereocenters. The molecule has 0 saturated carbocycles. The minimum Gasteiger partial charge on any atom is -0.478 e. The van der Waals surface area contributed by atoms with Crippen LogP contribution in [0, 0.1) is 0 Å². The number of anilines is 2. The van der Waals surface area contributed by atoms with Crippen molar-refractivity contribution in [3.05, 3.63) is 59.1 Å². The summed E-state index contributed by atoms with van der Waals surface area (Å²) in [4.78, 5) is 10.3. The third-order valence-electron chi connectivity index (χ3n) is 2.31. The summed E-state index contributed by atoms with van der Waals surface area (Å²) < 4.78 is 0. The normalized spacial score (nSPS) is 9.15. The average molecular weight is 295 g/mol. The Bertz CT molecular complexity index is 543. The molecule has 0 fully saturated rings. The van der Waals surface area contributed by atoms with Crippen LogP contribution in [0.5, 0.6) is 0 Å². The Kier molecular flexibility index (Phi) is 6.31. The number of nitrogens with two attached hydrogens (primary N) is 2. The lowest BCUT2D eigenvalue weighted by Crippen LogP contribution is -2.06.